The lowest BCUT2D eigenvalue weighted by molar-refractivity contribution is 0.354. The first kappa shape index (κ1) is 15.2. The molecule has 0 heterocycles. The summed E-state index contributed by atoms with van der Waals surface area (Å²) in [4.78, 5) is 0. The highest BCUT2D eigenvalue weighted by atomic mass is 79.9. The van der Waals surface area contributed by atoms with Crippen LogP contribution in [0.1, 0.15) is 17.2 Å². The molecule has 2 rings (SSSR count). The van der Waals surface area contributed by atoms with Crippen LogP contribution in [0.3, 0.4) is 0 Å². The lowest BCUT2D eigenvalue weighted by Crippen LogP contribution is -2.12. The van der Waals surface area contributed by atoms with Crippen LogP contribution < -0.4 is 15.2 Å². The van der Waals surface area contributed by atoms with Crippen molar-refractivity contribution in [2.75, 3.05) is 14.2 Å². The average Bonchev–Trinajstić information content (AvgIpc) is 2.48. The second-order valence-corrected chi connectivity index (χ2v) is 5.47. The van der Waals surface area contributed by atoms with Gasteiger partial charge in [-0.05, 0) is 45.3 Å². The molecular formula is C15H15BrClNO2. The van der Waals surface area contributed by atoms with E-state index in [9.17, 15) is 0 Å². The number of halogens is 2. The molecule has 1 atom stereocenters. The number of benzene rings is 2. The third-order valence-electron chi connectivity index (χ3n) is 3.08. The molecule has 0 saturated heterocycles. The molecule has 0 fully saturated rings. The van der Waals surface area contributed by atoms with Gasteiger partial charge in [-0.3, -0.25) is 0 Å². The van der Waals surface area contributed by atoms with E-state index in [1.807, 2.05) is 36.4 Å². The normalized spacial score (nSPS) is 12.1. The number of nitrogens with two attached hydrogens (primary N) is 1. The predicted octanol–water partition coefficient (Wildman–Crippen LogP) is 4.17. The van der Waals surface area contributed by atoms with E-state index >= 15 is 0 Å². The molecule has 0 aliphatic carbocycles. The van der Waals surface area contributed by atoms with Crippen LogP contribution in [-0.4, -0.2) is 14.2 Å². The number of hydrogen-bond donors (Lipinski definition) is 1. The van der Waals surface area contributed by atoms with Gasteiger partial charge in [-0.1, -0.05) is 29.8 Å². The number of hydrogen-bond acceptors (Lipinski definition) is 3. The highest BCUT2D eigenvalue weighted by Gasteiger charge is 2.16. The summed E-state index contributed by atoms with van der Waals surface area (Å²) in [5.41, 5.74) is 8.06. The van der Waals surface area contributed by atoms with E-state index in [0.717, 1.165) is 15.6 Å². The maximum absolute atomic E-state index is 6.30. The zero-order valence-electron chi connectivity index (χ0n) is 11.2. The molecule has 2 aromatic carbocycles. The fourth-order valence-corrected chi connectivity index (χ4v) is 2.61. The second-order valence-electron chi connectivity index (χ2n) is 4.24. The molecule has 5 heteroatoms. The molecule has 0 aromatic heterocycles. The Morgan fingerprint density at radius 3 is 2.45 bits per heavy atom. The minimum atomic E-state index is -0.334. The van der Waals surface area contributed by atoms with Gasteiger partial charge in [0.15, 0.2) is 11.5 Å². The van der Waals surface area contributed by atoms with Gasteiger partial charge < -0.3 is 15.2 Å². The zero-order chi connectivity index (χ0) is 14.7. The average molecular weight is 357 g/mol. The molecule has 0 radical (unpaired) electrons. The predicted molar refractivity (Wildman–Crippen MR) is 84.7 cm³/mol. The molecular weight excluding hydrogens is 342 g/mol. The molecule has 0 saturated carbocycles. The van der Waals surface area contributed by atoms with Crippen molar-refractivity contribution in [1.29, 1.82) is 0 Å². The summed E-state index contributed by atoms with van der Waals surface area (Å²) >= 11 is 9.69. The van der Waals surface area contributed by atoms with Crippen molar-refractivity contribution in [1.82, 2.24) is 0 Å². The summed E-state index contributed by atoms with van der Waals surface area (Å²) < 4.78 is 11.3. The minimum absolute atomic E-state index is 0.334. The van der Waals surface area contributed by atoms with E-state index < -0.39 is 0 Å². The Bertz CT molecular complexity index is 619. The van der Waals surface area contributed by atoms with Gasteiger partial charge in [0, 0.05) is 4.47 Å². The first-order chi connectivity index (χ1) is 9.58. The molecule has 0 amide bonds. The lowest BCUT2D eigenvalue weighted by Gasteiger charge is -2.17. The summed E-state index contributed by atoms with van der Waals surface area (Å²) in [7, 11) is 3.20. The van der Waals surface area contributed by atoms with Crippen molar-refractivity contribution in [2.24, 2.45) is 5.73 Å². The van der Waals surface area contributed by atoms with E-state index in [4.69, 9.17) is 26.8 Å². The van der Waals surface area contributed by atoms with Gasteiger partial charge in [0.25, 0.3) is 0 Å². The fourth-order valence-electron chi connectivity index (χ4n) is 1.99. The number of rotatable bonds is 4. The Morgan fingerprint density at radius 2 is 1.80 bits per heavy atom. The Morgan fingerprint density at radius 1 is 1.10 bits per heavy atom. The number of ether oxygens (including phenoxy) is 2. The Hall–Kier alpha value is -1.23. The summed E-state index contributed by atoms with van der Waals surface area (Å²) in [6, 6.07) is 11.0. The SMILES string of the molecule is COc1ccc(C(N)c2cccc(Br)c2Cl)cc1OC. The largest absolute Gasteiger partial charge is 0.493 e. The van der Waals surface area contributed by atoms with E-state index in [-0.39, 0.29) is 6.04 Å². The van der Waals surface area contributed by atoms with Gasteiger partial charge in [-0.25, -0.2) is 0 Å². The van der Waals surface area contributed by atoms with Crippen LogP contribution in [0.5, 0.6) is 11.5 Å². The van der Waals surface area contributed by atoms with Crippen LogP contribution >= 0.6 is 27.5 Å². The summed E-state index contributed by atoms with van der Waals surface area (Å²) in [5, 5.41) is 0.620. The summed E-state index contributed by atoms with van der Waals surface area (Å²) in [5.74, 6) is 1.32. The summed E-state index contributed by atoms with van der Waals surface area (Å²) in [6.07, 6.45) is 0. The smallest absolute Gasteiger partial charge is 0.161 e. The van der Waals surface area contributed by atoms with Crippen molar-refractivity contribution in [3.63, 3.8) is 0 Å². The molecule has 1 unspecified atom stereocenters. The van der Waals surface area contributed by atoms with E-state index in [1.165, 1.54) is 0 Å². The third-order valence-corrected chi connectivity index (χ3v) is 4.39. The molecule has 2 aromatic rings. The van der Waals surface area contributed by atoms with Crippen molar-refractivity contribution in [3.8, 4) is 11.5 Å². The van der Waals surface area contributed by atoms with Crippen LogP contribution in [-0.2, 0) is 0 Å². The van der Waals surface area contributed by atoms with Gasteiger partial charge in [0.05, 0.1) is 25.3 Å². The van der Waals surface area contributed by atoms with Gasteiger partial charge in [0.2, 0.25) is 0 Å². The van der Waals surface area contributed by atoms with Crippen LogP contribution in [0.25, 0.3) is 0 Å². The summed E-state index contributed by atoms with van der Waals surface area (Å²) in [6.45, 7) is 0. The molecule has 0 bridgehead atoms. The number of methoxy groups -OCH3 is 2. The van der Waals surface area contributed by atoms with Gasteiger partial charge in [0.1, 0.15) is 0 Å². The monoisotopic (exact) mass is 355 g/mol. The van der Waals surface area contributed by atoms with Crippen LogP contribution in [0.15, 0.2) is 40.9 Å². The standard InChI is InChI=1S/C15H15BrClNO2/c1-19-12-7-6-9(8-13(12)20-2)15(18)10-4-3-5-11(16)14(10)17/h3-8,15H,18H2,1-2H3. The Labute approximate surface area is 131 Å². The Kier molecular flexibility index (Phi) is 4.91. The first-order valence-corrected chi connectivity index (χ1v) is 7.17. The quantitative estimate of drug-likeness (QED) is 0.894. The van der Waals surface area contributed by atoms with Crippen molar-refractivity contribution in [3.05, 3.63) is 57.0 Å². The van der Waals surface area contributed by atoms with E-state index in [1.54, 1.807) is 14.2 Å². The molecule has 0 aliphatic heterocycles. The molecule has 106 valence electrons. The molecule has 20 heavy (non-hydrogen) atoms. The highest BCUT2D eigenvalue weighted by Crippen LogP contribution is 2.35. The van der Waals surface area contributed by atoms with E-state index in [2.05, 4.69) is 15.9 Å². The van der Waals surface area contributed by atoms with Crippen molar-refractivity contribution >= 4 is 27.5 Å². The van der Waals surface area contributed by atoms with Gasteiger partial charge in [-0.2, -0.15) is 0 Å². The molecule has 2 N–H and O–H groups in total. The van der Waals surface area contributed by atoms with Crippen LogP contribution in [0, 0.1) is 0 Å². The lowest BCUT2D eigenvalue weighted by atomic mass is 9.99. The van der Waals surface area contributed by atoms with Crippen LogP contribution in [0.4, 0.5) is 0 Å². The first-order valence-electron chi connectivity index (χ1n) is 6.00. The van der Waals surface area contributed by atoms with Crippen molar-refractivity contribution in [2.45, 2.75) is 6.04 Å². The maximum Gasteiger partial charge on any atom is 0.161 e. The zero-order valence-corrected chi connectivity index (χ0v) is 13.5. The maximum atomic E-state index is 6.30. The van der Waals surface area contributed by atoms with Gasteiger partial charge in [-0.15, -0.1) is 0 Å². The topological polar surface area (TPSA) is 44.5 Å². The minimum Gasteiger partial charge on any atom is -0.493 e. The van der Waals surface area contributed by atoms with Gasteiger partial charge >= 0.3 is 0 Å². The van der Waals surface area contributed by atoms with E-state index in [0.29, 0.717) is 16.5 Å². The molecule has 0 aliphatic rings. The van der Waals surface area contributed by atoms with Crippen LogP contribution in [0.2, 0.25) is 5.02 Å². The molecule has 0 spiro atoms. The fraction of sp³-hybridized carbons (Fsp3) is 0.200. The second kappa shape index (κ2) is 6.48. The molecule has 3 nitrogen and oxygen atoms in total. The highest BCUT2D eigenvalue weighted by molar-refractivity contribution is 9.10. The third kappa shape index (κ3) is 2.92. The Balaban J connectivity index is 2.43. The van der Waals surface area contributed by atoms with Crippen molar-refractivity contribution < 1.29 is 9.47 Å².